The second-order valence-corrected chi connectivity index (χ2v) is 10.3. The van der Waals surface area contributed by atoms with Crippen molar-refractivity contribution in [1.82, 2.24) is 10.3 Å². The Bertz CT molecular complexity index is 1120. The zero-order valence-electron chi connectivity index (χ0n) is 18.0. The van der Waals surface area contributed by atoms with Crippen LogP contribution >= 0.6 is 11.3 Å². The number of primary amides is 1. The third kappa shape index (κ3) is 4.78. The van der Waals surface area contributed by atoms with Gasteiger partial charge in [0.2, 0.25) is 0 Å². The van der Waals surface area contributed by atoms with Gasteiger partial charge in [0.25, 0.3) is 5.91 Å². The smallest absolute Gasteiger partial charge is 0.308 e. The quantitative estimate of drug-likeness (QED) is 0.573. The van der Waals surface area contributed by atoms with Crippen LogP contribution in [0.15, 0.2) is 42.5 Å². The second-order valence-electron chi connectivity index (χ2n) is 9.14. The van der Waals surface area contributed by atoms with Crippen LogP contribution in [0.5, 0.6) is 0 Å². The van der Waals surface area contributed by atoms with Crippen LogP contribution in [0.4, 0.5) is 0 Å². The summed E-state index contributed by atoms with van der Waals surface area (Å²) in [6.07, 6.45) is 1.77. The molecule has 1 heterocycles. The van der Waals surface area contributed by atoms with Crippen LogP contribution in [0, 0.1) is 0 Å². The topological polar surface area (TPSA) is 94.3 Å². The summed E-state index contributed by atoms with van der Waals surface area (Å²) in [7, 11) is 0. The molecule has 1 aromatic heterocycles. The number of benzene rings is 2. The molecule has 3 N–H and O–H groups in total. The number of fused-ring (bicyclic) bond motifs is 2. The van der Waals surface area contributed by atoms with E-state index in [1.165, 1.54) is 22.5 Å². The van der Waals surface area contributed by atoms with Gasteiger partial charge in [-0.05, 0) is 56.9 Å². The van der Waals surface area contributed by atoms with E-state index in [2.05, 4.69) is 22.4 Å². The molecule has 0 spiro atoms. The standard InChI is InChI=1S/C24H27N3O3S/c1-23(2,3)30-20(28)13-24(11-15-7-4-5-8-16(15)12-24)26-14-19-27-21-17(22(25)29)9-6-10-18(21)31-19/h4-10,26H,11-14H2,1-3H3,(H2,25,29). The molecule has 0 unspecified atom stereocenters. The van der Waals surface area contributed by atoms with Crippen LogP contribution < -0.4 is 11.1 Å². The number of amides is 1. The SMILES string of the molecule is CC(C)(C)OC(=O)CC1(NCc2nc3c(C(N)=O)cccc3s2)Cc2ccccc2C1. The number of ether oxygens (including phenoxy) is 1. The number of hydrogen-bond acceptors (Lipinski definition) is 6. The number of aromatic nitrogens is 1. The van der Waals surface area contributed by atoms with Gasteiger partial charge in [0.1, 0.15) is 10.6 Å². The molecule has 31 heavy (non-hydrogen) atoms. The molecule has 0 saturated carbocycles. The number of esters is 1. The molecule has 0 fully saturated rings. The Balaban J connectivity index is 1.57. The molecule has 4 rings (SSSR count). The van der Waals surface area contributed by atoms with Gasteiger partial charge in [0.05, 0.1) is 22.2 Å². The molecule has 0 saturated heterocycles. The summed E-state index contributed by atoms with van der Waals surface area (Å²) in [5.74, 6) is -0.698. The highest BCUT2D eigenvalue weighted by Crippen LogP contribution is 2.34. The minimum atomic E-state index is -0.526. The minimum Gasteiger partial charge on any atom is -0.460 e. The first kappa shape index (κ1) is 21.5. The predicted octanol–water partition coefficient (Wildman–Crippen LogP) is 3.75. The minimum absolute atomic E-state index is 0.215. The van der Waals surface area contributed by atoms with E-state index < -0.39 is 17.0 Å². The molecular formula is C24H27N3O3S. The number of nitrogens with one attached hydrogen (secondary N) is 1. The summed E-state index contributed by atoms with van der Waals surface area (Å²) in [5.41, 5.74) is 8.09. The third-order valence-electron chi connectivity index (χ3n) is 5.42. The van der Waals surface area contributed by atoms with Crippen molar-refractivity contribution in [3.8, 4) is 0 Å². The molecule has 162 valence electrons. The Hall–Kier alpha value is -2.77. The Morgan fingerprint density at radius 1 is 1.13 bits per heavy atom. The lowest BCUT2D eigenvalue weighted by molar-refractivity contribution is -0.156. The average molecular weight is 438 g/mol. The fourth-order valence-electron chi connectivity index (χ4n) is 4.19. The normalized spacial score (nSPS) is 15.1. The molecule has 0 bridgehead atoms. The van der Waals surface area contributed by atoms with Crippen molar-refractivity contribution < 1.29 is 14.3 Å². The lowest BCUT2D eigenvalue weighted by Crippen LogP contribution is -2.48. The first-order valence-electron chi connectivity index (χ1n) is 10.4. The highest BCUT2D eigenvalue weighted by molar-refractivity contribution is 7.18. The Morgan fingerprint density at radius 2 is 1.81 bits per heavy atom. The number of hydrogen-bond donors (Lipinski definition) is 2. The summed E-state index contributed by atoms with van der Waals surface area (Å²) >= 11 is 1.53. The van der Waals surface area contributed by atoms with E-state index in [4.69, 9.17) is 10.5 Å². The lowest BCUT2D eigenvalue weighted by Gasteiger charge is -2.31. The van der Waals surface area contributed by atoms with Crippen molar-refractivity contribution in [2.24, 2.45) is 5.73 Å². The molecule has 6 nitrogen and oxygen atoms in total. The highest BCUT2D eigenvalue weighted by Gasteiger charge is 2.40. The molecule has 7 heteroatoms. The van der Waals surface area contributed by atoms with Crippen molar-refractivity contribution in [2.75, 3.05) is 0 Å². The van der Waals surface area contributed by atoms with Gasteiger partial charge in [0.15, 0.2) is 0 Å². The van der Waals surface area contributed by atoms with Gasteiger partial charge in [0, 0.05) is 12.1 Å². The molecular weight excluding hydrogens is 410 g/mol. The summed E-state index contributed by atoms with van der Waals surface area (Å²) in [4.78, 5) is 29.1. The first-order valence-corrected chi connectivity index (χ1v) is 11.2. The fourth-order valence-corrected chi connectivity index (χ4v) is 5.13. The first-order chi connectivity index (χ1) is 14.6. The zero-order chi connectivity index (χ0) is 22.2. The molecule has 1 amide bonds. The van der Waals surface area contributed by atoms with E-state index in [0.717, 1.165) is 22.5 Å². The van der Waals surface area contributed by atoms with Gasteiger partial charge >= 0.3 is 5.97 Å². The third-order valence-corrected chi connectivity index (χ3v) is 6.44. The Labute approximate surface area is 185 Å². The van der Waals surface area contributed by atoms with Crippen LogP contribution in [-0.4, -0.2) is 28.0 Å². The molecule has 2 aromatic carbocycles. The van der Waals surface area contributed by atoms with Crippen molar-refractivity contribution in [2.45, 2.75) is 57.7 Å². The molecule has 1 aliphatic rings. The van der Waals surface area contributed by atoms with Gasteiger partial charge in [-0.25, -0.2) is 4.98 Å². The molecule has 0 aliphatic heterocycles. The van der Waals surface area contributed by atoms with Gasteiger partial charge in [-0.15, -0.1) is 11.3 Å². The fraction of sp³-hybridized carbons (Fsp3) is 0.375. The average Bonchev–Trinajstić information content (AvgIpc) is 3.25. The maximum absolute atomic E-state index is 12.7. The van der Waals surface area contributed by atoms with Crippen molar-refractivity contribution in [3.63, 3.8) is 0 Å². The number of para-hydroxylation sites is 1. The van der Waals surface area contributed by atoms with E-state index in [0.29, 0.717) is 17.6 Å². The van der Waals surface area contributed by atoms with Gasteiger partial charge in [-0.3, -0.25) is 9.59 Å². The van der Waals surface area contributed by atoms with E-state index in [1.807, 2.05) is 45.0 Å². The summed E-state index contributed by atoms with van der Waals surface area (Å²) in [5, 5.41) is 4.47. The predicted molar refractivity (Wildman–Crippen MR) is 122 cm³/mol. The molecule has 3 aromatic rings. The number of rotatable bonds is 6. The van der Waals surface area contributed by atoms with Crippen LogP contribution in [-0.2, 0) is 28.9 Å². The van der Waals surface area contributed by atoms with Crippen molar-refractivity contribution in [3.05, 3.63) is 64.2 Å². The lowest BCUT2D eigenvalue weighted by atomic mass is 9.91. The largest absolute Gasteiger partial charge is 0.460 e. The monoisotopic (exact) mass is 437 g/mol. The van der Waals surface area contributed by atoms with Crippen LogP contribution in [0.1, 0.15) is 53.7 Å². The second kappa shape index (κ2) is 8.05. The number of nitrogens with zero attached hydrogens (tertiary/aromatic N) is 1. The van der Waals surface area contributed by atoms with E-state index >= 15 is 0 Å². The Morgan fingerprint density at radius 3 is 2.42 bits per heavy atom. The number of carbonyl (C=O) groups is 2. The van der Waals surface area contributed by atoms with Crippen LogP contribution in [0.3, 0.4) is 0 Å². The number of thiazole rings is 1. The number of carbonyl (C=O) groups excluding carboxylic acids is 2. The van der Waals surface area contributed by atoms with Gasteiger partial charge < -0.3 is 15.8 Å². The molecule has 0 atom stereocenters. The van der Waals surface area contributed by atoms with Crippen LogP contribution in [0.25, 0.3) is 10.2 Å². The van der Waals surface area contributed by atoms with Gasteiger partial charge in [-0.2, -0.15) is 0 Å². The van der Waals surface area contributed by atoms with Crippen LogP contribution in [0.2, 0.25) is 0 Å². The number of nitrogens with two attached hydrogens (primary N) is 1. The molecule has 0 radical (unpaired) electrons. The maximum Gasteiger partial charge on any atom is 0.308 e. The van der Waals surface area contributed by atoms with E-state index in [1.54, 1.807) is 6.07 Å². The summed E-state index contributed by atoms with van der Waals surface area (Å²) < 4.78 is 6.54. The maximum atomic E-state index is 12.7. The van der Waals surface area contributed by atoms with E-state index in [9.17, 15) is 9.59 Å². The van der Waals surface area contributed by atoms with E-state index in [-0.39, 0.29) is 12.4 Å². The molecule has 1 aliphatic carbocycles. The van der Waals surface area contributed by atoms with Crippen molar-refractivity contribution in [1.29, 1.82) is 0 Å². The Kier molecular flexibility index (Phi) is 5.58. The summed E-state index contributed by atoms with van der Waals surface area (Å²) in [6.45, 7) is 6.14. The van der Waals surface area contributed by atoms with Crippen molar-refractivity contribution >= 4 is 33.4 Å². The summed E-state index contributed by atoms with van der Waals surface area (Å²) in [6, 6.07) is 13.7. The van der Waals surface area contributed by atoms with Gasteiger partial charge in [-0.1, -0.05) is 30.3 Å². The zero-order valence-corrected chi connectivity index (χ0v) is 18.8. The highest BCUT2D eigenvalue weighted by atomic mass is 32.1.